The van der Waals surface area contributed by atoms with Gasteiger partial charge in [0.05, 0.1) is 0 Å². The summed E-state index contributed by atoms with van der Waals surface area (Å²) in [6.07, 6.45) is 0. The number of para-hydroxylation sites is 2. The Morgan fingerprint density at radius 2 is 0.714 bits per heavy atom. The molecular formula is C57H33N3O2S. The van der Waals surface area contributed by atoms with Crippen molar-refractivity contribution >= 4 is 75.4 Å². The summed E-state index contributed by atoms with van der Waals surface area (Å²) >= 11 is 1.85. The Labute approximate surface area is 365 Å². The number of thiophene rings is 1. The molecule has 4 heterocycles. The van der Waals surface area contributed by atoms with E-state index in [0.717, 1.165) is 77.3 Å². The second-order valence-electron chi connectivity index (χ2n) is 15.9. The van der Waals surface area contributed by atoms with E-state index in [-0.39, 0.29) is 0 Å². The van der Waals surface area contributed by atoms with Gasteiger partial charge in [-0.25, -0.2) is 15.0 Å². The van der Waals surface area contributed by atoms with Crippen molar-refractivity contribution in [3.8, 4) is 67.5 Å². The lowest BCUT2D eigenvalue weighted by molar-refractivity contribution is 0.668. The van der Waals surface area contributed by atoms with Crippen molar-refractivity contribution in [1.29, 1.82) is 0 Å². The van der Waals surface area contributed by atoms with Crippen LogP contribution in [0.5, 0.6) is 0 Å². The Hall–Kier alpha value is -8.19. The molecule has 0 bridgehead atoms. The van der Waals surface area contributed by atoms with Gasteiger partial charge >= 0.3 is 0 Å². The van der Waals surface area contributed by atoms with Crippen LogP contribution >= 0.6 is 11.3 Å². The molecule has 0 aliphatic carbocycles. The van der Waals surface area contributed by atoms with Gasteiger partial charge in [0.15, 0.2) is 17.5 Å². The predicted octanol–water partition coefficient (Wildman–Crippen LogP) is 16.0. The first-order chi connectivity index (χ1) is 31.2. The molecule has 13 rings (SSSR count). The Balaban J connectivity index is 0.896. The highest BCUT2D eigenvalue weighted by molar-refractivity contribution is 7.25. The highest BCUT2D eigenvalue weighted by Gasteiger charge is 2.21. The largest absolute Gasteiger partial charge is 0.456 e. The lowest BCUT2D eigenvalue weighted by Gasteiger charge is -2.11. The maximum atomic E-state index is 6.31. The van der Waals surface area contributed by atoms with Gasteiger partial charge < -0.3 is 8.83 Å². The van der Waals surface area contributed by atoms with Crippen molar-refractivity contribution in [3.63, 3.8) is 0 Å². The average Bonchev–Trinajstić information content (AvgIpc) is 4.05. The standard InChI is InChI=1S/C57H33N3O2S/c1-4-20-47-43(16-1)53-45(18-9-22-49(53)61-47)56-58-55(59-57(60-56)46-19-10-23-50-54(46)44-17-2-5-21-48(44)62-50)40-14-8-12-37(32-40)35-27-25-34(26-28-35)36-11-7-13-38(31-36)39-29-30-42-41-15-3-6-24-51(41)63-52(42)33-39/h1-33H. The SMILES string of the molecule is c1cc(-c2ccc(-c3cccc(-c4nc(-c5cccc6oc7ccccc7c56)nc(-c5cccc6oc7ccccc7c56)n4)c3)cc2)cc(-c2ccc3c(c2)sc2ccccc23)c1. The Morgan fingerprint density at radius 3 is 1.33 bits per heavy atom. The van der Waals surface area contributed by atoms with Gasteiger partial charge in [0.25, 0.3) is 0 Å². The minimum Gasteiger partial charge on any atom is -0.456 e. The van der Waals surface area contributed by atoms with E-state index in [4.69, 9.17) is 23.8 Å². The van der Waals surface area contributed by atoms with Gasteiger partial charge in [0.2, 0.25) is 0 Å². The molecule has 4 aromatic heterocycles. The number of benzene rings is 9. The number of nitrogens with zero attached hydrogens (tertiary/aromatic N) is 3. The van der Waals surface area contributed by atoms with Gasteiger partial charge in [0, 0.05) is 58.4 Å². The molecule has 0 spiro atoms. The third-order valence-electron chi connectivity index (χ3n) is 12.2. The predicted molar refractivity (Wildman–Crippen MR) is 260 cm³/mol. The molecule has 9 aromatic carbocycles. The maximum absolute atomic E-state index is 6.31. The fraction of sp³-hybridized carbons (Fsp3) is 0. The molecule has 0 aliphatic rings. The van der Waals surface area contributed by atoms with Gasteiger partial charge in [0.1, 0.15) is 22.3 Å². The molecule has 0 fully saturated rings. The zero-order chi connectivity index (χ0) is 41.4. The molecule has 0 aliphatic heterocycles. The van der Waals surface area contributed by atoms with Crippen LogP contribution in [0.25, 0.3) is 132 Å². The number of aromatic nitrogens is 3. The summed E-state index contributed by atoms with van der Waals surface area (Å²) in [6, 6.07) is 69.9. The van der Waals surface area contributed by atoms with E-state index in [1.54, 1.807) is 0 Å². The van der Waals surface area contributed by atoms with Crippen LogP contribution in [0.4, 0.5) is 0 Å². The number of furan rings is 2. The molecule has 0 atom stereocenters. The first-order valence-corrected chi connectivity index (χ1v) is 21.8. The second-order valence-corrected chi connectivity index (χ2v) is 17.0. The van der Waals surface area contributed by atoms with Crippen LogP contribution in [-0.2, 0) is 0 Å². The van der Waals surface area contributed by atoms with Crippen LogP contribution in [-0.4, -0.2) is 15.0 Å². The molecular weight excluding hydrogens is 791 g/mol. The third-order valence-corrected chi connectivity index (χ3v) is 13.3. The molecule has 6 heteroatoms. The van der Waals surface area contributed by atoms with Crippen molar-refractivity contribution in [2.24, 2.45) is 0 Å². The number of hydrogen-bond donors (Lipinski definition) is 0. The fourth-order valence-electron chi connectivity index (χ4n) is 9.14. The molecule has 0 saturated carbocycles. The van der Waals surface area contributed by atoms with E-state index in [2.05, 4.69) is 140 Å². The van der Waals surface area contributed by atoms with Gasteiger partial charge in [-0.3, -0.25) is 0 Å². The summed E-state index contributed by atoms with van der Waals surface area (Å²) < 4.78 is 15.2. The summed E-state index contributed by atoms with van der Waals surface area (Å²) in [4.78, 5) is 15.7. The van der Waals surface area contributed by atoms with Crippen LogP contribution < -0.4 is 0 Å². The van der Waals surface area contributed by atoms with Gasteiger partial charge in [-0.2, -0.15) is 0 Å². The number of rotatable bonds is 6. The molecule has 0 saturated heterocycles. The zero-order valence-electron chi connectivity index (χ0n) is 33.6. The topological polar surface area (TPSA) is 65.0 Å². The first-order valence-electron chi connectivity index (χ1n) is 21.0. The van der Waals surface area contributed by atoms with Crippen molar-refractivity contribution in [3.05, 3.63) is 200 Å². The number of fused-ring (bicyclic) bond motifs is 9. The zero-order valence-corrected chi connectivity index (χ0v) is 34.4. The van der Waals surface area contributed by atoms with E-state index in [0.29, 0.717) is 17.5 Å². The Morgan fingerprint density at radius 1 is 0.286 bits per heavy atom. The van der Waals surface area contributed by atoms with Gasteiger partial charge in [-0.05, 0) is 81.9 Å². The van der Waals surface area contributed by atoms with Crippen LogP contribution in [0.2, 0.25) is 0 Å². The smallest absolute Gasteiger partial charge is 0.164 e. The van der Waals surface area contributed by atoms with Crippen LogP contribution in [0.1, 0.15) is 0 Å². The second kappa shape index (κ2) is 14.2. The fourth-order valence-corrected chi connectivity index (χ4v) is 10.3. The molecule has 0 amide bonds. The Bertz CT molecular complexity index is 3800. The molecule has 294 valence electrons. The van der Waals surface area contributed by atoms with Crippen molar-refractivity contribution in [1.82, 2.24) is 15.0 Å². The lowest BCUT2D eigenvalue weighted by Crippen LogP contribution is -2.01. The van der Waals surface area contributed by atoms with Gasteiger partial charge in [-0.1, -0.05) is 152 Å². The van der Waals surface area contributed by atoms with Crippen molar-refractivity contribution in [2.75, 3.05) is 0 Å². The normalized spacial score (nSPS) is 11.8. The molecule has 13 aromatic rings. The highest BCUT2D eigenvalue weighted by Crippen LogP contribution is 2.41. The third kappa shape index (κ3) is 5.95. The molecule has 0 N–H and O–H groups in total. The van der Waals surface area contributed by atoms with Crippen molar-refractivity contribution in [2.45, 2.75) is 0 Å². The summed E-state index contributed by atoms with van der Waals surface area (Å²) in [7, 11) is 0. The van der Waals surface area contributed by atoms with Crippen LogP contribution in [0.15, 0.2) is 209 Å². The average molecular weight is 824 g/mol. The van der Waals surface area contributed by atoms with E-state index < -0.39 is 0 Å². The molecule has 63 heavy (non-hydrogen) atoms. The van der Waals surface area contributed by atoms with E-state index >= 15 is 0 Å². The summed E-state index contributed by atoms with van der Waals surface area (Å²) in [5.74, 6) is 1.71. The Kier molecular flexibility index (Phi) is 8.01. The summed E-state index contributed by atoms with van der Waals surface area (Å²) in [5, 5.41) is 6.61. The summed E-state index contributed by atoms with van der Waals surface area (Å²) in [5.41, 5.74) is 12.8. The van der Waals surface area contributed by atoms with E-state index in [1.807, 2.05) is 72.0 Å². The molecule has 5 nitrogen and oxygen atoms in total. The van der Waals surface area contributed by atoms with Crippen molar-refractivity contribution < 1.29 is 8.83 Å². The first kappa shape index (κ1) is 35.6. The van der Waals surface area contributed by atoms with Gasteiger partial charge in [-0.15, -0.1) is 11.3 Å². The minimum absolute atomic E-state index is 0.567. The van der Waals surface area contributed by atoms with Crippen LogP contribution in [0.3, 0.4) is 0 Å². The van der Waals surface area contributed by atoms with E-state index in [1.165, 1.54) is 36.9 Å². The van der Waals surface area contributed by atoms with E-state index in [9.17, 15) is 0 Å². The monoisotopic (exact) mass is 823 g/mol. The number of hydrogen-bond acceptors (Lipinski definition) is 6. The minimum atomic E-state index is 0.567. The summed E-state index contributed by atoms with van der Waals surface area (Å²) in [6.45, 7) is 0. The van der Waals surface area contributed by atoms with Crippen LogP contribution in [0, 0.1) is 0 Å². The molecule has 0 unspecified atom stereocenters. The lowest BCUT2D eigenvalue weighted by atomic mass is 9.96. The maximum Gasteiger partial charge on any atom is 0.164 e. The molecule has 0 radical (unpaired) electrons. The quantitative estimate of drug-likeness (QED) is 0.167. The highest BCUT2D eigenvalue weighted by atomic mass is 32.1.